The molecule has 38 heavy (non-hydrogen) atoms. The van der Waals surface area contributed by atoms with Gasteiger partial charge in [0.1, 0.15) is 21.2 Å². The van der Waals surface area contributed by atoms with Crippen LogP contribution in [0.3, 0.4) is 0 Å². The van der Waals surface area contributed by atoms with Crippen molar-refractivity contribution in [2.24, 2.45) is 4.40 Å². The molecule has 5 N–H and O–H groups in total. The van der Waals surface area contributed by atoms with E-state index >= 15 is 0 Å². The van der Waals surface area contributed by atoms with Gasteiger partial charge in [-0.25, -0.2) is 0 Å². The summed E-state index contributed by atoms with van der Waals surface area (Å²) in [5.74, 6) is -0.957. The number of hydrogen-bond acceptors (Lipinski definition) is 9. The normalized spacial score (nSPS) is 19.1. The fourth-order valence-electron chi connectivity index (χ4n) is 4.89. The van der Waals surface area contributed by atoms with Crippen molar-refractivity contribution in [3.05, 3.63) is 87.0 Å². The van der Waals surface area contributed by atoms with Crippen molar-refractivity contribution in [1.82, 2.24) is 9.47 Å². The van der Waals surface area contributed by atoms with Crippen LogP contribution in [0.15, 0.2) is 74.1 Å². The van der Waals surface area contributed by atoms with Crippen LogP contribution in [0.25, 0.3) is 10.9 Å². The number of aromatic nitrogens is 1. The lowest BCUT2D eigenvalue weighted by Crippen LogP contribution is -2.33. The summed E-state index contributed by atoms with van der Waals surface area (Å²) < 4.78 is 27.7. The molecular formula is C26H24N4O6S2. The monoisotopic (exact) mass is 552 g/mol. The second-order valence-electron chi connectivity index (χ2n) is 9.20. The molecule has 12 heteroatoms. The van der Waals surface area contributed by atoms with E-state index < -0.39 is 28.3 Å². The zero-order valence-corrected chi connectivity index (χ0v) is 21.6. The zero-order chi connectivity index (χ0) is 26.6. The zero-order valence-electron chi connectivity index (χ0n) is 19.9. The van der Waals surface area contributed by atoms with E-state index in [1.807, 2.05) is 30.3 Å². The van der Waals surface area contributed by atoms with Crippen LogP contribution in [0.1, 0.15) is 27.9 Å². The van der Waals surface area contributed by atoms with Gasteiger partial charge in [0, 0.05) is 23.9 Å². The van der Waals surface area contributed by atoms with Gasteiger partial charge in [-0.1, -0.05) is 53.2 Å². The number of amidine groups is 1. The molecule has 0 unspecified atom stereocenters. The maximum atomic E-state index is 13.8. The molecule has 196 valence electrons. The molecule has 2 aliphatic rings. The van der Waals surface area contributed by atoms with Gasteiger partial charge in [0.2, 0.25) is 0 Å². The average molecular weight is 553 g/mol. The van der Waals surface area contributed by atoms with Crippen molar-refractivity contribution < 1.29 is 24.1 Å². The summed E-state index contributed by atoms with van der Waals surface area (Å²) in [6.45, 7) is 0.746. The molecule has 2 aromatic carbocycles. The number of hydrogen-bond donors (Lipinski definition) is 5. The SMILES string of the molecule is O=C(c1csc2c1S(O)(O)N=C(c1c(O)c3ccccc3n(Cc3ccccc3)c1=O)N2)N1CC[C@@H](O)C1. The first-order valence-electron chi connectivity index (χ1n) is 11.9. The number of benzene rings is 2. The number of nitrogens with one attached hydrogen (secondary N) is 1. The molecule has 1 amide bonds. The molecular weight excluding hydrogens is 528 g/mol. The van der Waals surface area contributed by atoms with Gasteiger partial charge in [-0.05, 0) is 24.1 Å². The van der Waals surface area contributed by atoms with Gasteiger partial charge < -0.3 is 25.0 Å². The topological polar surface area (TPSA) is 148 Å². The Hall–Kier alpha value is -3.68. The number of nitrogens with zero attached hydrogens (tertiary/aromatic N) is 3. The van der Waals surface area contributed by atoms with Crippen molar-refractivity contribution >= 4 is 49.8 Å². The Kier molecular flexibility index (Phi) is 6.00. The summed E-state index contributed by atoms with van der Waals surface area (Å²) >= 11 is 1.07. The second kappa shape index (κ2) is 9.26. The summed E-state index contributed by atoms with van der Waals surface area (Å²) in [5.41, 5.74) is 0.708. The number of rotatable bonds is 4. The summed E-state index contributed by atoms with van der Waals surface area (Å²) in [4.78, 5) is 28.3. The molecule has 1 saturated heterocycles. The van der Waals surface area contributed by atoms with Crippen LogP contribution in [0.2, 0.25) is 0 Å². The minimum atomic E-state index is -3.91. The largest absolute Gasteiger partial charge is 0.506 e. The number of β-amino-alcohol motifs (C(OH)–C–C–N with tert-alkyl or cyclic N) is 1. The van der Waals surface area contributed by atoms with Crippen molar-refractivity contribution in [3.63, 3.8) is 0 Å². The molecule has 0 saturated carbocycles. The highest BCUT2D eigenvalue weighted by Crippen LogP contribution is 2.59. The van der Waals surface area contributed by atoms with Crippen LogP contribution in [-0.2, 0) is 6.54 Å². The third kappa shape index (κ3) is 4.06. The highest BCUT2D eigenvalue weighted by molar-refractivity contribution is 8.23. The number of carbonyl (C=O) groups excluding carboxylic acids is 1. The summed E-state index contributed by atoms with van der Waals surface area (Å²) in [6.07, 6.45) is -0.170. The molecule has 2 aliphatic heterocycles. The third-order valence-corrected chi connectivity index (χ3v) is 9.15. The van der Waals surface area contributed by atoms with Crippen LogP contribution in [-0.4, -0.2) is 59.7 Å². The Morgan fingerprint density at radius 3 is 2.61 bits per heavy atom. The number of aromatic hydroxyl groups is 1. The van der Waals surface area contributed by atoms with Gasteiger partial charge in [0.15, 0.2) is 5.84 Å². The Balaban J connectivity index is 1.46. The predicted octanol–water partition coefficient (Wildman–Crippen LogP) is 3.92. The number of carbonyl (C=O) groups is 1. The number of fused-ring (bicyclic) bond motifs is 2. The van der Waals surface area contributed by atoms with E-state index in [0.29, 0.717) is 23.9 Å². The highest BCUT2D eigenvalue weighted by Gasteiger charge is 2.37. The van der Waals surface area contributed by atoms with Crippen LogP contribution >= 0.6 is 22.1 Å². The van der Waals surface area contributed by atoms with Crippen molar-refractivity contribution in [1.29, 1.82) is 0 Å². The average Bonchev–Trinajstić information content (AvgIpc) is 3.54. The fraction of sp³-hybridized carbons (Fsp3) is 0.192. The van der Waals surface area contributed by atoms with Crippen LogP contribution in [0.4, 0.5) is 5.00 Å². The quantitative estimate of drug-likeness (QED) is 0.258. The number of para-hydroxylation sites is 1. The lowest BCUT2D eigenvalue weighted by molar-refractivity contribution is 0.0761. The van der Waals surface area contributed by atoms with Crippen LogP contribution < -0.4 is 10.9 Å². The molecule has 1 fully saturated rings. The first-order valence-corrected chi connectivity index (χ1v) is 14.3. The summed E-state index contributed by atoms with van der Waals surface area (Å²) in [6, 6.07) is 16.3. The molecule has 0 radical (unpaired) electrons. The fourth-order valence-corrected chi connectivity index (χ4v) is 7.49. The van der Waals surface area contributed by atoms with E-state index in [0.717, 1.165) is 16.9 Å². The Morgan fingerprint density at radius 1 is 1.13 bits per heavy atom. The predicted molar refractivity (Wildman–Crippen MR) is 148 cm³/mol. The summed E-state index contributed by atoms with van der Waals surface area (Å²) in [7, 11) is -3.91. The maximum Gasteiger partial charge on any atom is 0.266 e. The third-order valence-electron chi connectivity index (χ3n) is 6.72. The van der Waals surface area contributed by atoms with Gasteiger partial charge in [-0.3, -0.25) is 18.7 Å². The van der Waals surface area contributed by atoms with Gasteiger partial charge in [0.05, 0.1) is 23.7 Å². The molecule has 0 bridgehead atoms. The van der Waals surface area contributed by atoms with Crippen LogP contribution in [0.5, 0.6) is 5.75 Å². The number of aliphatic hydroxyl groups excluding tert-OH is 1. The molecule has 4 aromatic rings. The molecule has 0 spiro atoms. The number of thiophene rings is 1. The number of likely N-dealkylation sites (tertiary alicyclic amines) is 1. The molecule has 2 aromatic heterocycles. The number of amides is 1. The molecule has 1 atom stereocenters. The maximum absolute atomic E-state index is 13.8. The first kappa shape index (κ1) is 24.6. The standard InChI is InChI=1S/C26H24N4O6S2/c31-16-10-11-29(13-16)25(33)18-14-37-24-22(18)38(35,36)28-23(27-24)20-21(32)17-8-4-5-9-19(17)30(26(20)34)12-15-6-2-1-3-7-15/h1-9,14,16,31-32,35-36H,10-13H2,(H,27,28)/t16-/m1/s1. The van der Waals surface area contributed by atoms with Gasteiger partial charge in [0.25, 0.3) is 11.5 Å². The highest BCUT2D eigenvalue weighted by atomic mass is 32.3. The van der Waals surface area contributed by atoms with Crippen molar-refractivity contribution in [2.75, 3.05) is 18.4 Å². The molecule has 4 heterocycles. The van der Waals surface area contributed by atoms with E-state index in [4.69, 9.17) is 0 Å². The van der Waals surface area contributed by atoms with Crippen molar-refractivity contribution in [2.45, 2.75) is 24.0 Å². The molecule has 10 nitrogen and oxygen atoms in total. The van der Waals surface area contributed by atoms with E-state index in [-0.39, 0.29) is 45.7 Å². The van der Waals surface area contributed by atoms with Gasteiger partial charge in [-0.2, -0.15) is 0 Å². The Labute approximate surface area is 222 Å². The van der Waals surface area contributed by atoms with Crippen molar-refractivity contribution in [3.8, 4) is 5.75 Å². The van der Waals surface area contributed by atoms with E-state index in [2.05, 4.69) is 9.71 Å². The number of pyridine rings is 1. The van der Waals surface area contributed by atoms with E-state index in [1.54, 1.807) is 24.3 Å². The lowest BCUT2D eigenvalue weighted by Gasteiger charge is -2.33. The Morgan fingerprint density at radius 2 is 1.87 bits per heavy atom. The van der Waals surface area contributed by atoms with Gasteiger partial charge in [-0.15, -0.1) is 15.7 Å². The Bertz CT molecular complexity index is 1660. The number of anilines is 1. The first-order chi connectivity index (χ1) is 18.2. The van der Waals surface area contributed by atoms with Crippen LogP contribution in [0, 0.1) is 0 Å². The molecule has 6 rings (SSSR count). The van der Waals surface area contributed by atoms with E-state index in [1.165, 1.54) is 14.8 Å². The minimum Gasteiger partial charge on any atom is -0.506 e. The summed E-state index contributed by atoms with van der Waals surface area (Å²) in [5, 5.41) is 26.1. The van der Waals surface area contributed by atoms with E-state index in [9.17, 15) is 28.9 Å². The van der Waals surface area contributed by atoms with Gasteiger partial charge >= 0.3 is 0 Å². The smallest absolute Gasteiger partial charge is 0.266 e. The molecule has 0 aliphatic carbocycles. The minimum absolute atomic E-state index is 0.0532. The lowest BCUT2D eigenvalue weighted by atomic mass is 10.1. The second-order valence-corrected chi connectivity index (χ2v) is 11.7. The number of aliphatic hydroxyl groups is 1.